The number of halogens is 1. The highest BCUT2D eigenvalue weighted by atomic mass is 35.5. The molecule has 24 heavy (non-hydrogen) atoms. The van der Waals surface area contributed by atoms with E-state index in [1.165, 1.54) is 37.8 Å². The smallest absolute Gasteiger partial charge is 0.253 e. The Morgan fingerprint density at radius 3 is 2.38 bits per heavy atom. The normalized spacial score (nSPS) is 32.1. The van der Waals surface area contributed by atoms with E-state index in [2.05, 4.69) is 29.8 Å². The van der Waals surface area contributed by atoms with Crippen LogP contribution in [0.4, 0.5) is 0 Å². The van der Waals surface area contributed by atoms with Crippen molar-refractivity contribution in [3.8, 4) is 0 Å². The molecule has 3 aliphatic carbocycles. The van der Waals surface area contributed by atoms with Gasteiger partial charge in [-0.3, -0.25) is 4.79 Å². The number of aryl methyl sites for hydroxylation is 1. The molecule has 3 saturated carbocycles. The molecule has 0 radical (unpaired) electrons. The van der Waals surface area contributed by atoms with Crippen LogP contribution in [0.1, 0.15) is 72.7 Å². The monoisotopic (exact) mass is 351 g/mol. The van der Waals surface area contributed by atoms with Crippen molar-refractivity contribution in [3.05, 3.63) is 23.0 Å². The molecule has 2 atom stereocenters. The molecule has 134 valence electrons. The standard InChI is InChI=1S/C19H29N3O.ClH/c1-11-8-17(12(2)22(11)16-6-7-16)19(23)21-18-13-4-3-5-14(18)10-15(20)9-13;/h8,13-16,18H,3-7,9-10,20H2,1-2H3,(H,21,23);1H. The first-order valence-corrected chi connectivity index (χ1v) is 9.29. The minimum Gasteiger partial charge on any atom is -0.349 e. The molecule has 4 rings (SSSR count). The van der Waals surface area contributed by atoms with Gasteiger partial charge in [0.15, 0.2) is 0 Å². The summed E-state index contributed by atoms with van der Waals surface area (Å²) in [5.74, 6) is 1.28. The Morgan fingerprint density at radius 1 is 1.17 bits per heavy atom. The molecule has 1 aromatic heterocycles. The second kappa shape index (κ2) is 6.72. The first-order chi connectivity index (χ1) is 11.0. The Hall–Kier alpha value is -1.000. The summed E-state index contributed by atoms with van der Waals surface area (Å²) in [6, 6.07) is 3.37. The lowest BCUT2D eigenvalue weighted by atomic mass is 9.67. The number of amides is 1. The van der Waals surface area contributed by atoms with Gasteiger partial charge in [-0.1, -0.05) is 6.42 Å². The Labute approximate surface area is 151 Å². The van der Waals surface area contributed by atoms with Crippen LogP contribution >= 0.6 is 12.4 Å². The number of hydrogen-bond donors (Lipinski definition) is 2. The van der Waals surface area contributed by atoms with Crippen molar-refractivity contribution in [2.24, 2.45) is 17.6 Å². The number of carbonyl (C=O) groups is 1. The first-order valence-electron chi connectivity index (χ1n) is 9.29. The zero-order valence-corrected chi connectivity index (χ0v) is 15.6. The lowest BCUT2D eigenvalue weighted by Gasteiger charge is -2.45. The van der Waals surface area contributed by atoms with Crippen molar-refractivity contribution in [2.75, 3.05) is 0 Å². The molecular weight excluding hydrogens is 322 g/mol. The topological polar surface area (TPSA) is 60.1 Å². The second-order valence-corrected chi connectivity index (χ2v) is 8.07. The van der Waals surface area contributed by atoms with Crippen molar-refractivity contribution in [1.82, 2.24) is 9.88 Å². The Balaban J connectivity index is 0.00000169. The first kappa shape index (κ1) is 17.8. The van der Waals surface area contributed by atoms with Gasteiger partial charge in [0, 0.05) is 29.5 Å². The van der Waals surface area contributed by atoms with Crippen LogP contribution in [0, 0.1) is 25.7 Å². The average molecular weight is 352 g/mol. The van der Waals surface area contributed by atoms with E-state index in [0.29, 0.717) is 30.0 Å². The van der Waals surface area contributed by atoms with Gasteiger partial charge in [0.05, 0.1) is 5.56 Å². The fraction of sp³-hybridized carbons (Fsp3) is 0.737. The fourth-order valence-electron chi connectivity index (χ4n) is 5.16. The van der Waals surface area contributed by atoms with Gasteiger partial charge < -0.3 is 15.6 Å². The van der Waals surface area contributed by atoms with Crippen molar-refractivity contribution < 1.29 is 4.79 Å². The maximum Gasteiger partial charge on any atom is 0.253 e. The highest BCUT2D eigenvalue weighted by molar-refractivity contribution is 5.96. The predicted octanol–water partition coefficient (Wildman–Crippen LogP) is 3.50. The van der Waals surface area contributed by atoms with E-state index in [1.54, 1.807) is 0 Å². The largest absolute Gasteiger partial charge is 0.349 e. The molecule has 0 aromatic carbocycles. The molecule has 3 fully saturated rings. The van der Waals surface area contributed by atoms with Crippen LogP contribution in [0.2, 0.25) is 0 Å². The highest BCUT2D eigenvalue weighted by Crippen LogP contribution is 2.41. The molecular formula is C19H30ClN3O. The summed E-state index contributed by atoms with van der Waals surface area (Å²) >= 11 is 0. The molecule has 5 heteroatoms. The zero-order valence-electron chi connectivity index (χ0n) is 14.8. The van der Waals surface area contributed by atoms with Gasteiger partial charge in [-0.15, -0.1) is 12.4 Å². The quantitative estimate of drug-likeness (QED) is 0.875. The van der Waals surface area contributed by atoms with Gasteiger partial charge in [-0.25, -0.2) is 0 Å². The maximum absolute atomic E-state index is 12.9. The van der Waals surface area contributed by atoms with Crippen molar-refractivity contribution in [3.63, 3.8) is 0 Å². The van der Waals surface area contributed by atoms with Gasteiger partial charge in [0.2, 0.25) is 0 Å². The summed E-state index contributed by atoms with van der Waals surface area (Å²) in [6.45, 7) is 4.22. The molecule has 1 aromatic rings. The lowest BCUT2D eigenvalue weighted by Crippen LogP contribution is -2.53. The molecule has 0 saturated heterocycles. The molecule has 2 bridgehead atoms. The van der Waals surface area contributed by atoms with Crippen LogP contribution in [0.3, 0.4) is 0 Å². The van der Waals surface area contributed by atoms with E-state index in [-0.39, 0.29) is 18.3 Å². The maximum atomic E-state index is 12.9. The number of rotatable bonds is 3. The third-order valence-electron chi connectivity index (χ3n) is 6.32. The molecule has 0 aliphatic heterocycles. The summed E-state index contributed by atoms with van der Waals surface area (Å²) < 4.78 is 2.35. The minimum atomic E-state index is 0. The Bertz CT molecular complexity index is 608. The molecule has 2 unspecified atom stereocenters. The number of hydrogen-bond acceptors (Lipinski definition) is 2. The number of nitrogens with two attached hydrogens (primary N) is 1. The fourth-order valence-corrected chi connectivity index (χ4v) is 5.16. The molecule has 4 nitrogen and oxygen atoms in total. The molecule has 1 heterocycles. The Kier molecular flexibility index (Phi) is 4.99. The average Bonchev–Trinajstić information content (AvgIpc) is 3.26. The van der Waals surface area contributed by atoms with Gasteiger partial charge >= 0.3 is 0 Å². The van der Waals surface area contributed by atoms with Gasteiger partial charge in [-0.05, 0) is 70.3 Å². The number of aromatic nitrogens is 1. The molecule has 0 spiro atoms. The van der Waals surface area contributed by atoms with E-state index >= 15 is 0 Å². The van der Waals surface area contributed by atoms with Crippen LogP contribution in [0.15, 0.2) is 6.07 Å². The minimum absolute atomic E-state index is 0. The third-order valence-corrected chi connectivity index (χ3v) is 6.32. The van der Waals surface area contributed by atoms with Crippen molar-refractivity contribution in [1.29, 1.82) is 0 Å². The number of nitrogens with one attached hydrogen (secondary N) is 1. The van der Waals surface area contributed by atoms with Gasteiger partial charge in [0.25, 0.3) is 5.91 Å². The summed E-state index contributed by atoms with van der Waals surface area (Å²) in [5.41, 5.74) is 9.44. The SMILES string of the molecule is Cc1cc(C(=O)NC2C3CCCC2CC(N)C3)c(C)n1C1CC1.Cl. The third kappa shape index (κ3) is 3.11. The van der Waals surface area contributed by atoms with Crippen LogP contribution in [-0.2, 0) is 0 Å². The molecule has 3 N–H and O–H groups in total. The number of carbonyl (C=O) groups excluding carboxylic acids is 1. The van der Waals surface area contributed by atoms with Gasteiger partial charge in [-0.2, -0.15) is 0 Å². The number of nitrogens with zero attached hydrogens (tertiary/aromatic N) is 1. The summed E-state index contributed by atoms with van der Waals surface area (Å²) in [4.78, 5) is 12.9. The van der Waals surface area contributed by atoms with Crippen LogP contribution < -0.4 is 11.1 Å². The lowest BCUT2D eigenvalue weighted by molar-refractivity contribution is 0.0755. The van der Waals surface area contributed by atoms with E-state index in [9.17, 15) is 4.79 Å². The van der Waals surface area contributed by atoms with Gasteiger partial charge in [0.1, 0.15) is 0 Å². The molecule has 1 amide bonds. The van der Waals surface area contributed by atoms with Crippen LogP contribution in [0.5, 0.6) is 0 Å². The number of fused-ring (bicyclic) bond motifs is 2. The summed E-state index contributed by atoms with van der Waals surface area (Å²) in [5, 5.41) is 3.39. The van der Waals surface area contributed by atoms with Crippen LogP contribution in [-0.4, -0.2) is 22.6 Å². The van der Waals surface area contributed by atoms with E-state index < -0.39 is 0 Å². The predicted molar refractivity (Wildman–Crippen MR) is 98.7 cm³/mol. The van der Waals surface area contributed by atoms with Crippen molar-refractivity contribution in [2.45, 2.75) is 76.9 Å². The Morgan fingerprint density at radius 2 is 1.79 bits per heavy atom. The van der Waals surface area contributed by atoms with Crippen molar-refractivity contribution >= 4 is 18.3 Å². The summed E-state index contributed by atoms with van der Waals surface area (Å²) in [6.07, 6.45) is 8.38. The van der Waals surface area contributed by atoms with Crippen LogP contribution in [0.25, 0.3) is 0 Å². The second-order valence-electron chi connectivity index (χ2n) is 8.07. The summed E-state index contributed by atoms with van der Waals surface area (Å²) in [7, 11) is 0. The zero-order chi connectivity index (χ0) is 16.1. The van der Waals surface area contributed by atoms with E-state index in [0.717, 1.165) is 24.1 Å². The molecule has 3 aliphatic rings. The van der Waals surface area contributed by atoms with E-state index in [1.807, 2.05) is 0 Å². The highest BCUT2D eigenvalue weighted by Gasteiger charge is 2.40. The van der Waals surface area contributed by atoms with E-state index in [4.69, 9.17) is 5.73 Å².